The predicted molar refractivity (Wildman–Crippen MR) is 80.3 cm³/mol. The largest absolute Gasteiger partial charge is 2.00 e. The molecule has 20 heavy (non-hydrogen) atoms. The van der Waals surface area contributed by atoms with Gasteiger partial charge in [-0.3, -0.25) is 4.79 Å². The van der Waals surface area contributed by atoms with E-state index in [1.54, 1.807) is 17.4 Å². The summed E-state index contributed by atoms with van der Waals surface area (Å²) in [7, 11) is 0. The molecule has 1 heterocycles. The van der Waals surface area contributed by atoms with Crippen LogP contribution < -0.4 is 0 Å². The maximum Gasteiger partial charge on any atom is 2.00 e. The van der Waals surface area contributed by atoms with Gasteiger partial charge >= 0.3 is 17.1 Å². The van der Waals surface area contributed by atoms with Crippen LogP contribution in [0.2, 0.25) is 0 Å². The maximum atomic E-state index is 11.5. The quantitative estimate of drug-likeness (QED) is 0.612. The number of allylic oxidation sites excluding steroid dienone is 1. The number of carbonyl (C=O) groups excluding carboxylic acids is 1. The van der Waals surface area contributed by atoms with Crippen LogP contribution in [0.15, 0.2) is 22.9 Å². The standard InChI is InChI=1S/C12H9OS.C5H5.Fe/c13-12(11-3-1-2-4-11)6-5-10-7-8-14-9-10;1-2-4-5-3-1;/h1-9H;1-5H;/q;;+2/b6-5+;;. The third-order valence-corrected chi connectivity index (χ3v) is 3.17. The Kier molecular flexibility index (Phi) is 9.17. The molecule has 2 fully saturated rings. The van der Waals surface area contributed by atoms with Gasteiger partial charge in [0.15, 0.2) is 5.78 Å². The molecular formula is C17H14FeOS+2. The van der Waals surface area contributed by atoms with E-state index >= 15 is 0 Å². The summed E-state index contributed by atoms with van der Waals surface area (Å²) in [6.07, 6.45) is 20.8. The molecule has 100 valence electrons. The number of hydrogen-bond donors (Lipinski definition) is 0. The molecule has 0 unspecified atom stereocenters. The summed E-state index contributed by atoms with van der Waals surface area (Å²) in [6, 6.07) is 1.99. The molecule has 0 bridgehead atoms. The Hall–Kier alpha value is -0.371. The van der Waals surface area contributed by atoms with Crippen molar-refractivity contribution in [3.63, 3.8) is 0 Å². The zero-order chi connectivity index (χ0) is 13.3. The van der Waals surface area contributed by atoms with Crippen LogP contribution in [0, 0.1) is 63.7 Å². The average Bonchev–Trinajstić information content (AvgIpc) is 3.21. The molecule has 2 aliphatic rings. The van der Waals surface area contributed by atoms with Gasteiger partial charge in [0.2, 0.25) is 0 Å². The first-order valence-electron chi connectivity index (χ1n) is 5.99. The molecule has 1 aromatic rings. The first kappa shape index (κ1) is 17.7. The van der Waals surface area contributed by atoms with Gasteiger partial charge in [-0.25, -0.2) is 0 Å². The molecule has 0 aliphatic heterocycles. The molecule has 0 aromatic carbocycles. The van der Waals surface area contributed by atoms with E-state index in [1.165, 1.54) is 0 Å². The van der Waals surface area contributed by atoms with Crippen LogP contribution in [0.3, 0.4) is 0 Å². The third-order valence-electron chi connectivity index (χ3n) is 2.47. The Balaban J connectivity index is 0.000000283. The van der Waals surface area contributed by atoms with Crippen LogP contribution in [0.1, 0.15) is 5.56 Å². The van der Waals surface area contributed by atoms with Crippen molar-refractivity contribution in [3.05, 3.63) is 92.2 Å². The van der Waals surface area contributed by atoms with Crippen LogP contribution in [0.25, 0.3) is 6.08 Å². The predicted octanol–water partition coefficient (Wildman–Crippen LogP) is 3.75. The minimum absolute atomic E-state index is 0. The van der Waals surface area contributed by atoms with Gasteiger partial charge in [-0.15, -0.1) is 0 Å². The number of ketones is 1. The van der Waals surface area contributed by atoms with Crippen LogP contribution in [0.4, 0.5) is 0 Å². The summed E-state index contributed by atoms with van der Waals surface area (Å²) in [5.41, 5.74) is 1.08. The fourth-order valence-corrected chi connectivity index (χ4v) is 2.13. The van der Waals surface area contributed by atoms with Gasteiger partial charge in [-0.05, 0) is 86.3 Å². The molecule has 3 rings (SSSR count). The summed E-state index contributed by atoms with van der Waals surface area (Å²) in [6.45, 7) is 0. The third kappa shape index (κ3) is 6.39. The SMILES string of the molecule is O=C(/C=C/c1ccsc1)[C]1[CH][CH][CH][CH]1.[CH]1[CH][CH][CH][CH]1.[Fe+2]. The van der Waals surface area contributed by atoms with Crippen LogP contribution in [-0.4, -0.2) is 5.78 Å². The topological polar surface area (TPSA) is 17.1 Å². The van der Waals surface area contributed by atoms with Gasteiger partial charge in [0.05, 0.1) is 5.92 Å². The molecule has 2 saturated carbocycles. The molecule has 0 saturated heterocycles. The van der Waals surface area contributed by atoms with Gasteiger partial charge in [-0.2, -0.15) is 11.3 Å². The normalized spacial score (nSPS) is 18.6. The first-order valence-corrected chi connectivity index (χ1v) is 6.93. The second kappa shape index (κ2) is 10.4. The van der Waals surface area contributed by atoms with E-state index in [2.05, 4.69) is 0 Å². The summed E-state index contributed by atoms with van der Waals surface area (Å²) in [5.74, 6) is 0.803. The van der Waals surface area contributed by atoms with Crippen molar-refractivity contribution in [3.8, 4) is 0 Å². The van der Waals surface area contributed by atoms with Crippen molar-refractivity contribution in [2.75, 3.05) is 0 Å². The van der Waals surface area contributed by atoms with Crippen molar-refractivity contribution < 1.29 is 21.9 Å². The van der Waals surface area contributed by atoms with E-state index in [1.807, 2.05) is 80.7 Å². The molecule has 10 radical (unpaired) electrons. The van der Waals surface area contributed by atoms with E-state index in [0.29, 0.717) is 0 Å². The maximum absolute atomic E-state index is 11.5. The first-order chi connectivity index (χ1) is 9.36. The minimum Gasteiger partial charge on any atom is -0.294 e. The Labute approximate surface area is 137 Å². The Bertz CT molecular complexity index is 380. The monoisotopic (exact) mass is 322 g/mol. The van der Waals surface area contributed by atoms with E-state index in [9.17, 15) is 4.79 Å². The van der Waals surface area contributed by atoms with E-state index in [4.69, 9.17) is 0 Å². The average molecular weight is 322 g/mol. The van der Waals surface area contributed by atoms with E-state index in [0.717, 1.165) is 11.5 Å². The number of rotatable bonds is 3. The fourth-order valence-electron chi connectivity index (χ4n) is 1.50. The van der Waals surface area contributed by atoms with Crippen molar-refractivity contribution in [2.24, 2.45) is 0 Å². The number of hydrogen-bond acceptors (Lipinski definition) is 2. The Morgan fingerprint density at radius 1 is 0.950 bits per heavy atom. The molecule has 0 N–H and O–H groups in total. The molecule has 3 heteroatoms. The number of carbonyl (C=O) groups is 1. The molecule has 0 amide bonds. The van der Waals surface area contributed by atoms with Crippen LogP contribution >= 0.6 is 11.3 Å². The zero-order valence-electron chi connectivity index (χ0n) is 10.8. The Morgan fingerprint density at radius 2 is 1.55 bits per heavy atom. The second-order valence-corrected chi connectivity index (χ2v) is 4.67. The second-order valence-electron chi connectivity index (χ2n) is 3.89. The smallest absolute Gasteiger partial charge is 0.294 e. The fraction of sp³-hybridized carbons (Fsp3) is 0. The molecule has 0 atom stereocenters. The van der Waals surface area contributed by atoms with Crippen molar-refractivity contribution in [1.82, 2.24) is 0 Å². The van der Waals surface area contributed by atoms with Gasteiger partial charge in [0.25, 0.3) is 0 Å². The van der Waals surface area contributed by atoms with Crippen LogP contribution in [0.5, 0.6) is 0 Å². The summed E-state index contributed by atoms with van der Waals surface area (Å²) >= 11 is 1.63. The van der Waals surface area contributed by atoms with E-state index < -0.39 is 0 Å². The van der Waals surface area contributed by atoms with Crippen molar-refractivity contribution in [1.29, 1.82) is 0 Å². The molecule has 2 aliphatic carbocycles. The van der Waals surface area contributed by atoms with Gasteiger partial charge in [0, 0.05) is 0 Å². The van der Waals surface area contributed by atoms with E-state index in [-0.39, 0.29) is 22.9 Å². The summed E-state index contributed by atoms with van der Waals surface area (Å²) in [4.78, 5) is 11.5. The van der Waals surface area contributed by atoms with Gasteiger partial charge in [-0.1, -0.05) is 6.08 Å². The summed E-state index contributed by atoms with van der Waals surface area (Å²) in [5, 5.41) is 4.00. The van der Waals surface area contributed by atoms with Crippen molar-refractivity contribution >= 4 is 23.2 Å². The zero-order valence-corrected chi connectivity index (χ0v) is 12.7. The molecule has 0 spiro atoms. The van der Waals surface area contributed by atoms with Crippen molar-refractivity contribution in [2.45, 2.75) is 0 Å². The molecule has 1 nitrogen and oxygen atoms in total. The minimum atomic E-state index is 0. The molecule has 1 aromatic heterocycles. The summed E-state index contributed by atoms with van der Waals surface area (Å²) < 4.78 is 0. The van der Waals surface area contributed by atoms with Crippen LogP contribution in [-0.2, 0) is 21.9 Å². The van der Waals surface area contributed by atoms with Gasteiger partial charge < -0.3 is 0 Å². The Morgan fingerprint density at radius 3 is 2.05 bits per heavy atom. The van der Waals surface area contributed by atoms with Gasteiger partial charge in [0.1, 0.15) is 0 Å². The molecular weight excluding hydrogens is 308 g/mol. The number of thiophene rings is 1.